The Balaban J connectivity index is 2.20. The van der Waals surface area contributed by atoms with Gasteiger partial charge >= 0.3 is 0 Å². The van der Waals surface area contributed by atoms with Gasteiger partial charge in [0.15, 0.2) is 14.8 Å². The highest BCUT2D eigenvalue weighted by Gasteiger charge is 2.61. The van der Waals surface area contributed by atoms with Gasteiger partial charge in [-0.05, 0) is 32.6 Å². The molecule has 0 aromatic heterocycles. The highest BCUT2D eigenvalue weighted by atomic mass is 32.2. The van der Waals surface area contributed by atoms with E-state index < -0.39 is 24.9 Å². The van der Waals surface area contributed by atoms with E-state index in [-0.39, 0.29) is 11.0 Å². The molecule has 0 heterocycles. The van der Waals surface area contributed by atoms with Crippen molar-refractivity contribution >= 4 is 20.0 Å². The Labute approximate surface area is 96.2 Å². The highest BCUT2D eigenvalue weighted by Crippen LogP contribution is 2.50. The van der Waals surface area contributed by atoms with Gasteiger partial charge in [-0.1, -0.05) is 6.42 Å². The number of rotatable bonds is 5. The van der Waals surface area contributed by atoms with Crippen LogP contribution in [0.2, 0.25) is 0 Å². The predicted octanol–water partition coefficient (Wildman–Crippen LogP) is 0.810. The standard InChI is InChI=1S/C9H16O5S2/c1-2-15(10,11)14-9(6-7-9)16(12,13)8-4-3-5-8/h8H,2-7H2,1H3. The Morgan fingerprint density at radius 2 is 1.75 bits per heavy atom. The molecule has 0 radical (unpaired) electrons. The maximum atomic E-state index is 12.1. The molecule has 94 valence electrons. The van der Waals surface area contributed by atoms with Crippen molar-refractivity contribution in [2.75, 3.05) is 5.75 Å². The second-order valence-electron chi connectivity index (χ2n) is 4.44. The normalized spacial score (nSPS) is 25.1. The molecule has 7 heteroatoms. The summed E-state index contributed by atoms with van der Waals surface area (Å²) in [6.45, 7) is 1.45. The van der Waals surface area contributed by atoms with Gasteiger partial charge in [0.1, 0.15) is 0 Å². The molecule has 0 unspecified atom stereocenters. The molecule has 0 N–H and O–H groups in total. The lowest BCUT2D eigenvalue weighted by molar-refractivity contribution is 0.257. The number of hydrogen-bond donors (Lipinski definition) is 0. The molecule has 0 spiro atoms. The van der Waals surface area contributed by atoms with Gasteiger partial charge in [0, 0.05) is 0 Å². The number of hydrogen-bond acceptors (Lipinski definition) is 5. The summed E-state index contributed by atoms with van der Waals surface area (Å²) in [6, 6.07) is 0. The largest absolute Gasteiger partial charge is 0.268 e. The minimum absolute atomic E-state index is 0.186. The molecule has 0 saturated heterocycles. The molecular formula is C9H16O5S2. The van der Waals surface area contributed by atoms with Crippen LogP contribution in [0.15, 0.2) is 0 Å². The zero-order chi connectivity index (χ0) is 12.0. The molecule has 2 saturated carbocycles. The third-order valence-corrected chi connectivity index (χ3v) is 7.56. The monoisotopic (exact) mass is 268 g/mol. The van der Waals surface area contributed by atoms with Crippen LogP contribution < -0.4 is 0 Å². The quantitative estimate of drug-likeness (QED) is 0.690. The smallest absolute Gasteiger partial charge is 0.247 e. The SMILES string of the molecule is CCS(=O)(=O)OC1(S(=O)(=O)C2CCC2)CC1. The minimum atomic E-state index is -3.69. The van der Waals surface area contributed by atoms with Gasteiger partial charge in [0.25, 0.3) is 10.1 Å². The van der Waals surface area contributed by atoms with Crippen LogP contribution >= 0.6 is 0 Å². The Bertz CT molecular complexity index is 468. The average molecular weight is 268 g/mol. The summed E-state index contributed by atoms with van der Waals surface area (Å²) in [7, 11) is -7.13. The van der Waals surface area contributed by atoms with Gasteiger partial charge < -0.3 is 0 Å². The molecule has 2 rings (SSSR count). The topological polar surface area (TPSA) is 77.5 Å². The number of sulfone groups is 1. The molecule has 0 amide bonds. The van der Waals surface area contributed by atoms with E-state index >= 15 is 0 Å². The second-order valence-corrected chi connectivity index (χ2v) is 8.80. The lowest BCUT2D eigenvalue weighted by Crippen LogP contribution is -2.40. The second kappa shape index (κ2) is 3.68. The van der Waals surface area contributed by atoms with Crippen molar-refractivity contribution in [3.63, 3.8) is 0 Å². The molecule has 0 aromatic rings. The fourth-order valence-electron chi connectivity index (χ4n) is 1.79. The molecule has 2 aliphatic rings. The Hall–Kier alpha value is -0.140. The Morgan fingerprint density at radius 1 is 1.19 bits per heavy atom. The third kappa shape index (κ3) is 1.89. The van der Waals surface area contributed by atoms with Gasteiger partial charge in [0.05, 0.1) is 11.0 Å². The van der Waals surface area contributed by atoms with Gasteiger partial charge in [-0.3, -0.25) is 0 Å². The zero-order valence-electron chi connectivity index (χ0n) is 9.18. The molecule has 16 heavy (non-hydrogen) atoms. The van der Waals surface area contributed by atoms with Crippen molar-refractivity contribution < 1.29 is 21.0 Å². The van der Waals surface area contributed by atoms with E-state index in [1.807, 2.05) is 0 Å². The van der Waals surface area contributed by atoms with E-state index in [2.05, 4.69) is 0 Å². The molecule has 2 fully saturated rings. The van der Waals surface area contributed by atoms with Crippen molar-refractivity contribution in [1.29, 1.82) is 0 Å². The van der Waals surface area contributed by atoms with Crippen LogP contribution in [-0.2, 0) is 24.1 Å². The van der Waals surface area contributed by atoms with Crippen LogP contribution in [0.5, 0.6) is 0 Å². The summed E-state index contributed by atoms with van der Waals surface area (Å²) in [6.07, 6.45) is 2.80. The third-order valence-electron chi connectivity index (χ3n) is 3.30. The highest BCUT2D eigenvalue weighted by molar-refractivity contribution is 7.94. The minimum Gasteiger partial charge on any atom is -0.247 e. The van der Waals surface area contributed by atoms with E-state index in [9.17, 15) is 16.8 Å². The fraction of sp³-hybridized carbons (Fsp3) is 1.00. The van der Waals surface area contributed by atoms with E-state index in [0.717, 1.165) is 6.42 Å². The first kappa shape index (κ1) is 12.3. The summed E-state index contributed by atoms with van der Waals surface area (Å²) < 4.78 is 51.8. The van der Waals surface area contributed by atoms with Crippen molar-refractivity contribution in [2.24, 2.45) is 0 Å². The summed E-state index contributed by atoms with van der Waals surface area (Å²) in [5.41, 5.74) is 0. The maximum Gasteiger partial charge on any atom is 0.268 e. The lowest BCUT2D eigenvalue weighted by Gasteiger charge is -2.29. The van der Waals surface area contributed by atoms with E-state index in [1.54, 1.807) is 0 Å². The zero-order valence-corrected chi connectivity index (χ0v) is 10.8. The first-order valence-corrected chi connectivity index (χ1v) is 8.62. The summed E-state index contributed by atoms with van der Waals surface area (Å²) >= 11 is 0. The summed E-state index contributed by atoms with van der Waals surface area (Å²) in [5, 5.41) is -0.387. The molecule has 0 atom stereocenters. The van der Waals surface area contributed by atoms with Crippen LogP contribution in [0.25, 0.3) is 0 Å². The van der Waals surface area contributed by atoms with Gasteiger partial charge in [-0.25, -0.2) is 12.6 Å². The fourth-order valence-corrected chi connectivity index (χ4v) is 5.46. The van der Waals surface area contributed by atoms with Gasteiger partial charge in [0.2, 0.25) is 0 Å². The van der Waals surface area contributed by atoms with Crippen LogP contribution in [0.1, 0.15) is 39.0 Å². The van der Waals surface area contributed by atoms with Crippen LogP contribution in [-0.4, -0.2) is 32.8 Å². The predicted molar refractivity (Wildman–Crippen MR) is 59.1 cm³/mol. The van der Waals surface area contributed by atoms with Crippen LogP contribution in [0.3, 0.4) is 0 Å². The molecule has 0 aliphatic heterocycles. The van der Waals surface area contributed by atoms with Crippen LogP contribution in [0.4, 0.5) is 0 Å². The van der Waals surface area contributed by atoms with Crippen molar-refractivity contribution in [3.05, 3.63) is 0 Å². The van der Waals surface area contributed by atoms with Crippen molar-refractivity contribution in [2.45, 2.75) is 49.2 Å². The molecule has 2 aliphatic carbocycles. The molecule has 0 bridgehead atoms. The van der Waals surface area contributed by atoms with Crippen molar-refractivity contribution in [1.82, 2.24) is 0 Å². The molecule has 0 aromatic carbocycles. The first-order chi connectivity index (χ1) is 7.33. The van der Waals surface area contributed by atoms with E-state index in [0.29, 0.717) is 25.7 Å². The van der Waals surface area contributed by atoms with E-state index in [4.69, 9.17) is 4.18 Å². The van der Waals surface area contributed by atoms with Crippen LogP contribution in [0, 0.1) is 0 Å². The summed E-state index contributed by atoms with van der Waals surface area (Å²) in [4.78, 5) is -1.41. The molecule has 5 nitrogen and oxygen atoms in total. The maximum absolute atomic E-state index is 12.1. The molecular weight excluding hydrogens is 252 g/mol. The Kier molecular flexibility index (Phi) is 2.83. The van der Waals surface area contributed by atoms with Crippen molar-refractivity contribution in [3.8, 4) is 0 Å². The van der Waals surface area contributed by atoms with E-state index in [1.165, 1.54) is 6.92 Å². The summed E-state index contributed by atoms with van der Waals surface area (Å²) in [5.74, 6) is -0.186. The Morgan fingerprint density at radius 3 is 2.06 bits per heavy atom. The lowest BCUT2D eigenvalue weighted by atomic mass is 10.00. The van der Waals surface area contributed by atoms with Gasteiger partial charge in [-0.2, -0.15) is 8.42 Å². The van der Waals surface area contributed by atoms with Gasteiger partial charge in [-0.15, -0.1) is 0 Å². The average Bonchev–Trinajstić information content (AvgIpc) is 2.81. The first-order valence-electron chi connectivity index (χ1n) is 5.50.